The predicted molar refractivity (Wildman–Crippen MR) is 293 cm³/mol. The zero-order valence-corrected chi connectivity index (χ0v) is 42.0. The molecule has 0 aliphatic carbocycles. The number of fused-ring (bicyclic) bond motifs is 2. The highest BCUT2D eigenvalue weighted by atomic mass is 35.5. The van der Waals surface area contributed by atoms with Gasteiger partial charge in [0, 0.05) is 69.2 Å². The maximum Gasteiger partial charge on any atom is 0.336 e. The zero-order chi connectivity index (χ0) is 49.1. The van der Waals surface area contributed by atoms with Crippen molar-refractivity contribution in [3.8, 4) is 33.9 Å². The predicted octanol–water partition coefficient (Wildman–Crippen LogP) is 15.1. The van der Waals surface area contributed by atoms with E-state index in [1.54, 1.807) is 6.07 Å². The average Bonchev–Trinajstić information content (AvgIpc) is 3.99. The molecule has 7 aromatic carbocycles. The largest absolute Gasteiger partial charge is 0.422 e. The van der Waals surface area contributed by atoms with E-state index in [0.29, 0.717) is 21.4 Å². The number of benzene rings is 7. The first-order chi connectivity index (χ1) is 34.3. The lowest BCUT2D eigenvalue weighted by Crippen LogP contribution is -2.44. The van der Waals surface area contributed by atoms with Gasteiger partial charge in [-0.1, -0.05) is 203 Å². The van der Waals surface area contributed by atoms with E-state index in [4.69, 9.17) is 42.6 Å². The lowest BCUT2D eigenvalue weighted by Gasteiger charge is -2.48. The number of aromatic nitrogens is 2. The minimum Gasteiger partial charge on any atom is -0.422 e. The van der Waals surface area contributed by atoms with Crippen LogP contribution in [0.4, 0.5) is 5.69 Å². The molecular formula is C62H53Cl2N5O2. The van der Waals surface area contributed by atoms with E-state index in [0.717, 1.165) is 86.7 Å². The summed E-state index contributed by atoms with van der Waals surface area (Å²) >= 11 is 14.2. The highest BCUT2D eigenvalue weighted by Crippen LogP contribution is 2.52. The second-order valence-corrected chi connectivity index (χ2v) is 20.8. The molecule has 0 fully saturated rings. The van der Waals surface area contributed by atoms with Crippen molar-refractivity contribution in [2.45, 2.75) is 64.1 Å². The van der Waals surface area contributed by atoms with E-state index in [9.17, 15) is 4.79 Å². The summed E-state index contributed by atoms with van der Waals surface area (Å²) in [5.74, 6) is -0.790. The summed E-state index contributed by atoms with van der Waals surface area (Å²) in [5, 5.41) is 2.20. The SMILES string of the molecule is Cc1cc(=O)oc2c3c4c(cc12)C(C)(C)CCN4CCC3(C)C.Clc1ccccc1-c1nc(-c2ccccc2)c(-c2ccccc2)n1C1(c2ccccc2Cl)N=C(c2ccccc2)C(c2ccccc2)=N1. The third-order valence-corrected chi connectivity index (χ3v) is 15.1. The van der Waals surface area contributed by atoms with Gasteiger partial charge >= 0.3 is 5.63 Å². The number of aryl methyl sites for hydroxylation is 1. The van der Waals surface area contributed by atoms with E-state index in [-0.39, 0.29) is 16.5 Å². The van der Waals surface area contributed by atoms with Crippen LogP contribution in [0.1, 0.15) is 73.9 Å². The maximum absolute atomic E-state index is 12.0. The molecule has 71 heavy (non-hydrogen) atoms. The van der Waals surface area contributed by atoms with E-state index < -0.39 is 5.79 Å². The maximum atomic E-state index is 12.0. The van der Waals surface area contributed by atoms with Crippen LogP contribution in [0.5, 0.6) is 0 Å². The normalized spacial score (nSPS) is 16.1. The van der Waals surface area contributed by atoms with Crippen LogP contribution in [0.3, 0.4) is 0 Å². The summed E-state index contributed by atoms with van der Waals surface area (Å²) in [6, 6.07) is 60.3. The topological polar surface area (TPSA) is 76.0 Å². The molecule has 352 valence electrons. The number of aliphatic imine (C=N–C) groups is 2. The Morgan fingerprint density at radius 3 is 1.65 bits per heavy atom. The zero-order valence-electron chi connectivity index (χ0n) is 40.5. The Kier molecular flexibility index (Phi) is 11.8. The minimum atomic E-state index is -1.41. The summed E-state index contributed by atoms with van der Waals surface area (Å²) in [4.78, 5) is 31.3. The fraction of sp³-hybridized carbons (Fsp3) is 0.194. The Balaban J connectivity index is 0.000000198. The van der Waals surface area contributed by atoms with E-state index in [2.05, 4.69) is 91.8 Å². The van der Waals surface area contributed by atoms with Crippen LogP contribution in [0.25, 0.3) is 44.9 Å². The fourth-order valence-electron chi connectivity index (χ4n) is 10.7. The third kappa shape index (κ3) is 8.11. The Hall–Kier alpha value is -7.32. The summed E-state index contributed by atoms with van der Waals surface area (Å²) in [6.45, 7) is 13.4. The molecule has 0 spiro atoms. The van der Waals surface area contributed by atoms with Crippen molar-refractivity contribution in [2.24, 2.45) is 9.98 Å². The smallest absolute Gasteiger partial charge is 0.336 e. The van der Waals surface area contributed by atoms with Crippen LogP contribution in [0, 0.1) is 6.92 Å². The van der Waals surface area contributed by atoms with Crippen LogP contribution in [-0.2, 0) is 16.6 Å². The van der Waals surface area contributed by atoms with Gasteiger partial charge in [0.15, 0.2) is 0 Å². The summed E-state index contributed by atoms with van der Waals surface area (Å²) < 4.78 is 7.87. The van der Waals surface area contributed by atoms with Crippen molar-refractivity contribution >= 4 is 51.3 Å². The molecule has 3 aliphatic heterocycles. The molecule has 0 amide bonds. The molecule has 0 bridgehead atoms. The monoisotopic (exact) mass is 969 g/mol. The van der Waals surface area contributed by atoms with Crippen molar-refractivity contribution in [3.63, 3.8) is 0 Å². The standard InChI is InChI=1S/C42H28Cl2N4.C20H25NO2/c43-35-27-15-13-25-33(35)41-45-39(31-21-9-3-10-22-31)40(32-23-11-4-12-24-32)48(41)42(34-26-14-16-28-36(34)44)46-37(29-17-5-1-6-18-29)38(47-42)30-19-7-2-8-20-30;1-12-10-15(22)23-18-13(12)11-14-17-16(18)20(4,5)7-9-21(17)8-6-19(14,2)3/h1-28H;10-11H,6-9H2,1-5H3. The number of nitrogens with zero attached hydrogens (tertiary/aromatic N) is 5. The lowest BCUT2D eigenvalue weighted by atomic mass is 9.69. The minimum absolute atomic E-state index is 0.0250. The van der Waals surface area contributed by atoms with Gasteiger partial charge in [0.05, 0.1) is 32.9 Å². The van der Waals surface area contributed by atoms with Gasteiger partial charge < -0.3 is 9.32 Å². The molecule has 3 aliphatic rings. The first-order valence-corrected chi connectivity index (χ1v) is 25.0. The van der Waals surface area contributed by atoms with Gasteiger partial charge in [-0.25, -0.2) is 19.8 Å². The van der Waals surface area contributed by atoms with E-state index in [1.807, 2.05) is 128 Å². The number of hydrogen-bond donors (Lipinski definition) is 0. The van der Waals surface area contributed by atoms with Crippen molar-refractivity contribution in [1.82, 2.24) is 9.55 Å². The van der Waals surface area contributed by atoms with Crippen molar-refractivity contribution in [3.05, 3.63) is 236 Å². The Morgan fingerprint density at radius 1 is 0.563 bits per heavy atom. The Bertz CT molecular complexity index is 3540. The van der Waals surface area contributed by atoms with Gasteiger partial charge in [-0.3, -0.25) is 4.57 Å². The number of imidazole rings is 1. The molecule has 5 heterocycles. The molecule has 0 radical (unpaired) electrons. The van der Waals surface area contributed by atoms with Crippen LogP contribution in [0.15, 0.2) is 201 Å². The highest BCUT2D eigenvalue weighted by Gasteiger charge is 2.47. The highest BCUT2D eigenvalue weighted by molar-refractivity contribution is 6.54. The molecule has 12 rings (SSSR count). The molecule has 9 aromatic rings. The Morgan fingerprint density at radius 2 is 1.07 bits per heavy atom. The number of anilines is 1. The van der Waals surface area contributed by atoms with Gasteiger partial charge in [0.25, 0.3) is 5.79 Å². The Labute approximate surface area is 424 Å². The summed E-state index contributed by atoms with van der Waals surface area (Å²) in [7, 11) is 0. The molecule has 0 atom stereocenters. The number of rotatable bonds is 7. The van der Waals surface area contributed by atoms with Gasteiger partial charge in [0.1, 0.15) is 11.4 Å². The van der Waals surface area contributed by atoms with Crippen LogP contribution >= 0.6 is 23.2 Å². The van der Waals surface area contributed by atoms with Crippen LogP contribution in [0.2, 0.25) is 10.0 Å². The fourth-order valence-corrected chi connectivity index (χ4v) is 11.1. The molecule has 0 saturated heterocycles. The lowest BCUT2D eigenvalue weighted by molar-refractivity contribution is 0.398. The van der Waals surface area contributed by atoms with Crippen molar-refractivity contribution in [2.75, 3.05) is 18.0 Å². The van der Waals surface area contributed by atoms with Gasteiger partial charge in [0.2, 0.25) is 0 Å². The summed E-state index contributed by atoms with van der Waals surface area (Å²) in [6.07, 6.45) is 2.26. The second kappa shape index (κ2) is 18.1. The first kappa shape index (κ1) is 46.1. The molecule has 0 unspecified atom stereocenters. The van der Waals surface area contributed by atoms with Gasteiger partial charge in [-0.05, 0) is 66.0 Å². The second-order valence-electron chi connectivity index (χ2n) is 20.0. The molecule has 9 heteroatoms. The quantitative estimate of drug-likeness (QED) is 0.149. The number of halogens is 2. The number of hydrogen-bond acceptors (Lipinski definition) is 6. The molecule has 0 N–H and O–H groups in total. The summed E-state index contributed by atoms with van der Waals surface area (Å²) in [5.41, 5.74) is 14.1. The van der Waals surface area contributed by atoms with Crippen molar-refractivity contribution in [1.29, 1.82) is 0 Å². The van der Waals surface area contributed by atoms with Gasteiger partial charge in [-0.2, -0.15) is 0 Å². The third-order valence-electron chi connectivity index (χ3n) is 14.4. The van der Waals surface area contributed by atoms with E-state index in [1.165, 1.54) is 23.2 Å². The molecule has 7 nitrogen and oxygen atoms in total. The first-order valence-electron chi connectivity index (χ1n) is 24.3. The van der Waals surface area contributed by atoms with Gasteiger partial charge in [-0.15, -0.1) is 0 Å². The molecule has 2 aromatic heterocycles. The average molecular weight is 971 g/mol. The van der Waals surface area contributed by atoms with Crippen LogP contribution in [-0.4, -0.2) is 34.1 Å². The van der Waals surface area contributed by atoms with Crippen LogP contribution < -0.4 is 10.5 Å². The molecule has 0 saturated carbocycles. The molecular weight excluding hydrogens is 918 g/mol. The van der Waals surface area contributed by atoms with E-state index >= 15 is 0 Å². The van der Waals surface area contributed by atoms with Crippen molar-refractivity contribution < 1.29 is 4.42 Å².